The molecule has 0 saturated heterocycles. The molecule has 1 aliphatic rings. The Morgan fingerprint density at radius 3 is 2.94 bits per heavy atom. The molecule has 1 unspecified atom stereocenters. The summed E-state index contributed by atoms with van der Waals surface area (Å²) >= 11 is 0. The maximum atomic E-state index is 9.78. The van der Waals surface area contributed by atoms with Crippen LogP contribution in [-0.2, 0) is 0 Å². The van der Waals surface area contributed by atoms with Crippen LogP contribution in [0.2, 0.25) is 0 Å². The van der Waals surface area contributed by atoms with Gasteiger partial charge in [-0.1, -0.05) is 0 Å². The van der Waals surface area contributed by atoms with E-state index in [-0.39, 0.29) is 6.04 Å². The highest BCUT2D eigenvalue weighted by Gasteiger charge is 2.23. The Hall–Kier alpha value is -1.26. The maximum absolute atomic E-state index is 9.78. The van der Waals surface area contributed by atoms with Gasteiger partial charge in [0, 0.05) is 24.6 Å². The van der Waals surface area contributed by atoms with Gasteiger partial charge in [-0.25, -0.2) is 0 Å². The van der Waals surface area contributed by atoms with Gasteiger partial charge in [0.2, 0.25) is 0 Å². The third-order valence-electron chi connectivity index (χ3n) is 3.04. The summed E-state index contributed by atoms with van der Waals surface area (Å²) in [4.78, 5) is 0. The number of rotatable bonds is 4. The van der Waals surface area contributed by atoms with Crippen LogP contribution in [0.3, 0.4) is 0 Å². The van der Waals surface area contributed by atoms with E-state index in [1.807, 2.05) is 18.2 Å². The first-order valence-electron chi connectivity index (χ1n) is 6.26. The van der Waals surface area contributed by atoms with Crippen LogP contribution >= 0.6 is 0 Å². The van der Waals surface area contributed by atoms with Crippen LogP contribution in [0.5, 0.6) is 11.5 Å². The molecule has 0 aliphatic carbocycles. The first kappa shape index (κ1) is 13.2. The van der Waals surface area contributed by atoms with Gasteiger partial charge in [-0.3, -0.25) is 0 Å². The molecule has 2 rings (SSSR count). The molecule has 0 saturated carbocycles. The quantitative estimate of drug-likeness (QED) is 0.858. The Kier molecular flexibility index (Phi) is 3.78. The molecule has 2 N–H and O–H groups in total. The van der Waals surface area contributed by atoms with Crippen molar-refractivity contribution in [2.75, 3.05) is 20.3 Å². The predicted molar refractivity (Wildman–Crippen MR) is 70.1 cm³/mol. The molecule has 4 heteroatoms. The van der Waals surface area contributed by atoms with Gasteiger partial charge in [0.15, 0.2) is 0 Å². The third-order valence-corrected chi connectivity index (χ3v) is 3.04. The number of ether oxygens (including phenoxy) is 2. The number of hydrogen-bond acceptors (Lipinski definition) is 4. The molecule has 1 aromatic carbocycles. The van der Waals surface area contributed by atoms with Gasteiger partial charge in [-0.05, 0) is 32.0 Å². The van der Waals surface area contributed by atoms with Crippen molar-refractivity contribution in [3.8, 4) is 11.5 Å². The van der Waals surface area contributed by atoms with Crippen molar-refractivity contribution in [1.82, 2.24) is 5.32 Å². The number of benzene rings is 1. The third kappa shape index (κ3) is 3.15. The zero-order chi connectivity index (χ0) is 13.2. The summed E-state index contributed by atoms with van der Waals surface area (Å²) in [7, 11) is 1.66. The molecule has 100 valence electrons. The molecule has 1 atom stereocenters. The van der Waals surface area contributed by atoms with Crippen LogP contribution in [0.1, 0.15) is 31.9 Å². The smallest absolute Gasteiger partial charge is 0.124 e. The summed E-state index contributed by atoms with van der Waals surface area (Å²) in [5.74, 6) is 1.73. The van der Waals surface area contributed by atoms with E-state index >= 15 is 0 Å². The molecule has 0 spiro atoms. The number of fused-ring (bicyclic) bond motifs is 1. The van der Waals surface area contributed by atoms with Gasteiger partial charge in [0.05, 0.1) is 19.3 Å². The minimum absolute atomic E-state index is 0.204. The highest BCUT2D eigenvalue weighted by molar-refractivity contribution is 5.43. The van der Waals surface area contributed by atoms with Crippen LogP contribution in [0, 0.1) is 0 Å². The van der Waals surface area contributed by atoms with Crippen LogP contribution in [0.15, 0.2) is 18.2 Å². The van der Waals surface area contributed by atoms with Crippen molar-refractivity contribution in [2.45, 2.75) is 31.9 Å². The van der Waals surface area contributed by atoms with E-state index < -0.39 is 5.60 Å². The van der Waals surface area contributed by atoms with E-state index in [0.29, 0.717) is 13.2 Å². The lowest BCUT2D eigenvalue weighted by Gasteiger charge is -2.29. The first-order chi connectivity index (χ1) is 8.49. The average molecular weight is 251 g/mol. The molecule has 0 amide bonds. The predicted octanol–water partition coefficient (Wildman–Crippen LogP) is 1.88. The van der Waals surface area contributed by atoms with Gasteiger partial charge in [-0.2, -0.15) is 0 Å². The van der Waals surface area contributed by atoms with Gasteiger partial charge in [0.1, 0.15) is 11.5 Å². The molecule has 0 aromatic heterocycles. The van der Waals surface area contributed by atoms with Gasteiger partial charge >= 0.3 is 0 Å². The second kappa shape index (κ2) is 5.16. The van der Waals surface area contributed by atoms with Crippen molar-refractivity contribution < 1.29 is 14.6 Å². The topological polar surface area (TPSA) is 50.7 Å². The molecular formula is C14H21NO3. The Balaban J connectivity index is 2.15. The van der Waals surface area contributed by atoms with Gasteiger partial charge in [-0.15, -0.1) is 0 Å². The number of methoxy groups -OCH3 is 1. The van der Waals surface area contributed by atoms with E-state index in [4.69, 9.17) is 9.47 Å². The van der Waals surface area contributed by atoms with Crippen molar-refractivity contribution in [3.05, 3.63) is 23.8 Å². The van der Waals surface area contributed by atoms with Crippen LogP contribution in [-0.4, -0.2) is 31.0 Å². The van der Waals surface area contributed by atoms with Gasteiger partial charge in [0.25, 0.3) is 0 Å². The average Bonchev–Trinajstić information content (AvgIpc) is 2.34. The Morgan fingerprint density at radius 1 is 1.50 bits per heavy atom. The van der Waals surface area contributed by atoms with E-state index in [2.05, 4.69) is 5.32 Å². The SMILES string of the molecule is COc1ccc2c(c1)C(NCC(C)(C)O)CCO2. The standard InChI is InChI=1S/C14H21NO3/c1-14(2,16)9-15-12-6-7-18-13-5-4-10(17-3)8-11(12)13/h4-5,8,12,15-16H,6-7,9H2,1-3H3. The van der Waals surface area contributed by atoms with E-state index in [0.717, 1.165) is 23.5 Å². The molecule has 0 fully saturated rings. The van der Waals surface area contributed by atoms with E-state index in [1.54, 1.807) is 21.0 Å². The van der Waals surface area contributed by atoms with Crippen molar-refractivity contribution in [1.29, 1.82) is 0 Å². The largest absolute Gasteiger partial charge is 0.497 e. The minimum atomic E-state index is -0.711. The van der Waals surface area contributed by atoms with Crippen LogP contribution < -0.4 is 14.8 Å². The molecule has 0 bridgehead atoms. The van der Waals surface area contributed by atoms with Gasteiger partial charge < -0.3 is 19.9 Å². The Bertz CT molecular complexity index is 412. The number of nitrogens with one attached hydrogen (secondary N) is 1. The van der Waals surface area contributed by atoms with Crippen molar-refractivity contribution in [3.63, 3.8) is 0 Å². The fourth-order valence-electron chi connectivity index (χ4n) is 2.08. The van der Waals surface area contributed by atoms with Crippen molar-refractivity contribution in [2.24, 2.45) is 0 Å². The summed E-state index contributed by atoms with van der Waals surface area (Å²) in [5.41, 5.74) is 0.391. The highest BCUT2D eigenvalue weighted by Crippen LogP contribution is 2.34. The van der Waals surface area contributed by atoms with E-state index in [1.165, 1.54) is 0 Å². The monoisotopic (exact) mass is 251 g/mol. The van der Waals surface area contributed by atoms with Crippen molar-refractivity contribution >= 4 is 0 Å². The van der Waals surface area contributed by atoms with Crippen LogP contribution in [0.4, 0.5) is 0 Å². The molecule has 4 nitrogen and oxygen atoms in total. The molecule has 0 radical (unpaired) electrons. The summed E-state index contributed by atoms with van der Waals surface area (Å²) in [6, 6.07) is 6.04. The normalized spacial score (nSPS) is 19.0. The molecule has 18 heavy (non-hydrogen) atoms. The Morgan fingerprint density at radius 2 is 2.28 bits per heavy atom. The molecule has 1 heterocycles. The number of hydrogen-bond donors (Lipinski definition) is 2. The molecular weight excluding hydrogens is 230 g/mol. The zero-order valence-corrected chi connectivity index (χ0v) is 11.2. The molecule has 1 aliphatic heterocycles. The summed E-state index contributed by atoms with van der Waals surface area (Å²) in [6.07, 6.45) is 0.899. The molecule has 1 aromatic rings. The lowest BCUT2D eigenvalue weighted by Crippen LogP contribution is -2.38. The second-order valence-corrected chi connectivity index (χ2v) is 5.29. The maximum Gasteiger partial charge on any atom is 0.124 e. The lowest BCUT2D eigenvalue weighted by molar-refractivity contribution is 0.0740. The zero-order valence-electron chi connectivity index (χ0n) is 11.2. The highest BCUT2D eigenvalue weighted by atomic mass is 16.5. The summed E-state index contributed by atoms with van der Waals surface area (Å²) < 4.78 is 10.9. The lowest BCUT2D eigenvalue weighted by atomic mass is 9.99. The minimum Gasteiger partial charge on any atom is -0.497 e. The summed E-state index contributed by atoms with van der Waals surface area (Å²) in [5, 5.41) is 13.2. The van der Waals surface area contributed by atoms with Crippen LogP contribution in [0.25, 0.3) is 0 Å². The summed E-state index contributed by atoms with van der Waals surface area (Å²) in [6.45, 7) is 4.84. The number of aliphatic hydroxyl groups is 1. The fraction of sp³-hybridized carbons (Fsp3) is 0.571. The van der Waals surface area contributed by atoms with E-state index in [9.17, 15) is 5.11 Å². The Labute approximate surface area is 108 Å². The fourth-order valence-corrected chi connectivity index (χ4v) is 2.08. The second-order valence-electron chi connectivity index (χ2n) is 5.29. The first-order valence-corrected chi connectivity index (χ1v) is 6.26.